The van der Waals surface area contributed by atoms with Gasteiger partial charge in [-0.15, -0.1) is 0 Å². The first-order valence-electron chi connectivity index (χ1n) is 8.28. The minimum Gasteiger partial charge on any atom is -0.484 e. The maximum absolute atomic E-state index is 14.2. The van der Waals surface area contributed by atoms with E-state index in [-0.39, 0.29) is 23.7 Å². The SMILES string of the molecule is COCC1(C)Cc2c(Oc3ccc(S(C)(=O)=O)c(F)c3)cc(C(=O)O)cc2O1. The molecule has 0 saturated heterocycles. The van der Waals surface area contributed by atoms with E-state index in [9.17, 15) is 22.7 Å². The lowest BCUT2D eigenvalue weighted by Gasteiger charge is -2.22. The van der Waals surface area contributed by atoms with Crippen molar-refractivity contribution in [3.63, 3.8) is 0 Å². The number of sulfone groups is 1. The van der Waals surface area contributed by atoms with Crippen molar-refractivity contribution in [3.8, 4) is 17.2 Å². The molecule has 7 nitrogen and oxygen atoms in total. The average Bonchev–Trinajstić information content (AvgIpc) is 2.90. The molecule has 0 radical (unpaired) electrons. The number of hydrogen-bond acceptors (Lipinski definition) is 6. The van der Waals surface area contributed by atoms with Gasteiger partial charge in [0.25, 0.3) is 0 Å². The largest absolute Gasteiger partial charge is 0.484 e. The highest BCUT2D eigenvalue weighted by Gasteiger charge is 2.38. The molecule has 0 amide bonds. The first kappa shape index (κ1) is 20.1. The highest BCUT2D eigenvalue weighted by atomic mass is 32.2. The van der Waals surface area contributed by atoms with Gasteiger partial charge in [0.2, 0.25) is 0 Å². The van der Waals surface area contributed by atoms with Crippen LogP contribution in [0.4, 0.5) is 4.39 Å². The number of ether oxygens (including phenoxy) is 3. The zero-order chi connectivity index (χ0) is 20.7. The summed E-state index contributed by atoms with van der Waals surface area (Å²) in [6.07, 6.45) is 1.30. The van der Waals surface area contributed by atoms with E-state index in [1.165, 1.54) is 25.3 Å². The van der Waals surface area contributed by atoms with E-state index < -0.39 is 32.1 Å². The summed E-state index contributed by atoms with van der Waals surface area (Å²) in [5.74, 6) is -1.54. The van der Waals surface area contributed by atoms with Gasteiger partial charge < -0.3 is 19.3 Å². The van der Waals surface area contributed by atoms with Crippen molar-refractivity contribution < 1.29 is 36.9 Å². The fourth-order valence-corrected chi connectivity index (χ4v) is 3.86. The van der Waals surface area contributed by atoms with Crippen LogP contribution in [-0.4, -0.2) is 45.1 Å². The third-order valence-corrected chi connectivity index (χ3v) is 5.43. The summed E-state index contributed by atoms with van der Waals surface area (Å²) in [6, 6.07) is 6.08. The van der Waals surface area contributed by atoms with E-state index >= 15 is 0 Å². The molecule has 9 heteroatoms. The molecular weight excluding hydrogens is 391 g/mol. The third-order valence-electron chi connectivity index (χ3n) is 4.30. The zero-order valence-electron chi connectivity index (χ0n) is 15.5. The maximum atomic E-state index is 14.2. The fraction of sp³-hybridized carbons (Fsp3) is 0.316. The Morgan fingerprint density at radius 1 is 1.32 bits per heavy atom. The number of carbonyl (C=O) groups is 1. The molecule has 0 fully saturated rings. The lowest BCUT2D eigenvalue weighted by atomic mass is 9.98. The van der Waals surface area contributed by atoms with Gasteiger partial charge in [0.05, 0.1) is 12.2 Å². The van der Waals surface area contributed by atoms with Gasteiger partial charge >= 0.3 is 5.97 Å². The van der Waals surface area contributed by atoms with Crippen LogP contribution < -0.4 is 9.47 Å². The van der Waals surface area contributed by atoms with Crippen LogP contribution >= 0.6 is 0 Å². The van der Waals surface area contributed by atoms with Crippen molar-refractivity contribution in [2.45, 2.75) is 23.8 Å². The summed E-state index contributed by atoms with van der Waals surface area (Å²) < 4.78 is 54.0. The van der Waals surface area contributed by atoms with Crippen LogP contribution in [0.15, 0.2) is 35.2 Å². The van der Waals surface area contributed by atoms with Crippen LogP contribution in [0.2, 0.25) is 0 Å². The van der Waals surface area contributed by atoms with Gasteiger partial charge in [-0.2, -0.15) is 0 Å². The van der Waals surface area contributed by atoms with Crippen molar-refractivity contribution in [1.82, 2.24) is 0 Å². The average molecular weight is 410 g/mol. The summed E-state index contributed by atoms with van der Waals surface area (Å²) in [5, 5.41) is 9.35. The molecule has 1 atom stereocenters. The lowest BCUT2D eigenvalue weighted by molar-refractivity contribution is 0.0204. The molecule has 0 aliphatic carbocycles. The molecule has 1 N–H and O–H groups in total. The van der Waals surface area contributed by atoms with Crippen LogP contribution in [0, 0.1) is 5.82 Å². The van der Waals surface area contributed by atoms with Gasteiger partial charge in [0.15, 0.2) is 9.84 Å². The fourth-order valence-electron chi connectivity index (χ4n) is 3.13. The highest BCUT2D eigenvalue weighted by molar-refractivity contribution is 7.90. The van der Waals surface area contributed by atoms with E-state index in [0.29, 0.717) is 17.7 Å². The second-order valence-corrected chi connectivity index (χ2v) is 8.87. The lowest BCUT2D eigenvalue weighted by Crippen LogP contribution is -2.35. The number of methoxy groups -OCH3 is 1. The Kier molecular flexibility index (Phi) is 5.07. The molecule has 1 unspecified atom stereocenters. The molecule has 0 saturated carbocycles. The van der Waals surface area contributed by atoms with Crippen LogP contribution in [0.5, 0.6) is 17.2 Å². The van der Waals surface area contributed by atoms with Gasteiger partial charge in [0, 0.05) is 31.4 Å². The molecule has 0 spiro atoms. The predicted octanol–water partition coefficient (Wildman–Crippen LogP) is 3.06. The zero-order valence-corrected chi connectivity index (χ0v) is 16.3. The van der Waals surface area contributed by atoms with Crippen molar-refractivity contribution in [3.05, 3.63) is 47.3 Å². The van der Waals surface area contributed by atoms with Gasteiger partial charge in [-0.25, -0.2) is 17.6 Å². The number of rotatable bonds is 6. The number of benzene rings is 2. The van der Waals surface area contributed by atoms with Gasteiger partial charge in [-0.3, -0.25) is 0 Å². The Balaban J connectivity index is 2.01. The maximum Gasteiger partial charge on any atom is 0.335 e. The minimum absolute atomic E-state index is 0.0370. The standard InChI is InChI=1S/C19H19FO7S/c1-19(10-25-2)9-13-15(6-11(18(21)22)7-16(13)27-19)26-12-4-5-17(14(20)8-12)28(3,23)24/h4-8H,9-10H2,1-3H3,(H,21,22). The monoisotopic (exact) mass is 410 g/mol. The smallest absolute Gasteiger partial charge is 0.335 e. The number of aromatic carboxylic acids is 1. The van der Waals surface area contributed by atoms with E-state index in [1.807, 2.05) is 6.92 Å². The van der Waals surface area contributed by atoms with E-state index in [1.54, 1.807) is 0 Å². The molecule has 150 valence electrons. The second-order valence-electron chi connectivity index (χ2n) is 6.88. The number of fused-ring (bicyclic) bond motifs is 1. The summed E-state index contributed by atoms with van der Waals surface area (Å²) in [4.78, 5) is 11.0. The summed E-state index contributed by atoms with van der Waals surface area (Å²) >= 11 is 0. The quantitative estimate of drug-likeness (QED) is 0.781. The Labute approximate surface area is 161 Å². The third kappa shape index (κ3) is 3.95. The first-order valence-corrected chi connectivity index (χ1v) is 10.2. The molecule has 1 aliphatic rings. The number of hydrogen-bond donors (Lipinski definition) is 1. The molecule has 2 aromatic rings. The molecule has 1 heterocycles. The van der Waals surface area contributed by atoms with Crippen molar-refractivity contribution in [2.75, 3.05) is 20.0 Å². The molecule has 28 heavy (non-hydrogen) atoms. The van der Waals surface area contributed by atoms with E-state index in [2.05, 4.69) is 0 Å². The molecule has 0 bridgehead atoms. The van der Waals surface area contributed by atoms with E-state index in [0.717, 1.165) is 18.4 Å². The predicted molar refractivity (Wildman–Crippen MR) is 97.6 cm³/mol. The van der Waals surface area contributed by atoms with Crippen LogP contribution in [0.3, 0.4) is 0 Å². The minimum atomic E-state index is -3.71. The number of halogens is 1. The van der Waals surface area contributed by atoms with Crippen molar-refractivity contribution >= 4 is 15.8 Å². The summed E-state index contributed by atoms with van der Waals surface area (Å²) in [6.45, 7) is 2.10. The Morgan fingerprint density at radius 3 is 2.61 bits per heavy atom. The van der Waals surface area contributed by atoms with Gasteiger partial charge in [-0.05, 0) is 31.2 Å². The molecule has 2 aromatic carbocycles. The van der Waals surface area contributed by atoms with E-state index in [4.69, 9.17) is 14.2 Å². The molecule has 1 aliphatic heterocycles. The summed E-state index contributed by atoms with van der Waals surface area (Å²) in [7, 11) is -2.18. The summed E-state index contributed by atoms with van der Waals surface area (Å²) in [5.41, 5.74) is -0.127. The number of carboxylic acids is 1. The molecule has 3 rings (SSSR count). The van der Waals surface area contributed by atoms with Gasteiger partial charge in [0.1, 0.15) is 33.6 Å². The first-order chi connectivity index (χ1) is 13.0. The Morgan fingerprint density at radius 2 is 2.04 bits per heavy atom. The van der Waals surface area contributed by atoms with Crippen LogP contribution in [-0.2, 0) is 21.0 Å². The Bertz CT molecular complexity index is 1050. The highest BCUT2D eigenvalue weighted by Crippen LogP contribution is 2.43. The Hall–Kier alpha value is -2.65. The second kappa shape index (κ2) is 7.06. The van der Waals surface area contributed by atoms with Gasteiger partial charge in [-0.1, -0.05) is 0 Å². The van der Waals surface area contributed by atoms with Crippen molar-refractivity contribution in [2.24, 2.45) is 0 Å². The molecular formula is C19H19FO7S. The van der Waals surface area contributed by atoms with Crippen molar-refractivity contribution in [1.29, 1.82) is 0 Å². The normalized spacial score (nSPS) is 18.4. The topological polar surface area (TPSA) is 99.1 Å². The van der Waals surface area contributed by atoms with Crippen LogP contribution in [0.25, 0.3) is 0 Å². The molecule has 0 aromatic heterocycles. The number of carboxylic acid groups (broad SMARTS) is 1. The van der Waals surface area contributed by atoms with Crippen LogP contribution in [0.1, 0.15) is 22.8 Å².